The zero-order valence-electron chi connectivity index (χ0n) is 10.2. The maximum Gasteiger partial charge on any atom is 0.0950 e. The average Bonchev–Trinajstić information content (AvgIpc) is 2.86. The lowest BCUT2D eigenvalue weighted by Crippen LogP contribution is -2.26. The molecule has 4 heteroatoms. The van der Waals surface area contributed by atoms with Gasteiger partial charge in [0.25, 0.3) is 0 Å². The van der Waals surface area contributed by atoms with Gasteiger partial charge < -0.3 is 10.4 Å². The van der Waals surface area contributed by atoms with Crippen LogP contribution in [0.5, 0.6) is 0 Å². The smallest absolute Gasteiger partial charge is 0.0950 e. The van der Waals surface area contributed by atoms with E-state index in [4.69, 9.17) is 0 Å². The Morgan fingerprint density at radius 1 is 1.28 bits per heavy atom. The largest absolute Gasteiger partial charge is 0.396 e. The number of aromatic nitrogens is 2. The van der Waals surface area contributed by atoms with Gasteiger partial charge in [-0.05, 0) is 18.9 Å². The molecule has 1 aromatic carbocycles. The molecule has 4 nitrogen and oxygen atoms in total. The molecule has 0 radical (unpaired) electrons. The molecule has 1 heterocycles. The Balaban J connectivity index is 1.90. The molecule has 0 bridgehead atoms. The summed E-state index contributed by atoms with van der Waals surface area (Å²) in [6.07, 6.45) is 5.17. The van der Waals surface area contributed by atoms with E-state index in [0.717, 1.165) is 29.4 Å². The molecule has 2 atom stereocenters. The third kappa shape index (κ3) is 2.04. The molecule has 0 saturated heterocycles. The fraction of sp³-hybridized carbons (Fsp3) is 0.429. The third-order valence-electron chi connectivity index (χ3n) is 3.78. The first kappa shape index (κ1) is 11.4. The number of rotatable bonds is 3. The number of hydrogen-bond donors (Lipinski definition) is 2. The first-order valence-corrected chi connectivity index (χ1v) is 6.46. The Labute approximate surface area is 106 Å². The summed E-state index contributed by atoms with van der Waals surface area (Å²) in [6.45, 7) is 0.258. The second-order valence-electron chi connectivity index (χ2n) is 4.90. The third-order valence-corrected chi connectivity index (χ3v) is 3.78. The lowest BCUT2D eigenvalue weighted by Gasteiger charge is -2.20. The molecule has 0 aliphatic heterocycles. The normalized spacial score (nSPS) is 23.4. The predicted molar refractivity (Wildman–Crippen MR) is 71.4 cm³/mol. The van der Waals surface area contributed by atoms with E-state index >= 15 is 0 Å². The van der Waals surface area contributed by atoms with Crippen molar-refractivity contribution in [3.63, 3.8) is 0 Å². The van der Waals surface area contributed by atoms with E-state index in [1.165, 1.54) is 6.42 Å². The zero-order valence-corrected chi connectivity index (χ0v) is 10.2. The monoisotopic (exact) mass is 243 g/mol. The van der Waals surface area contributed by atoms with Crippen molar-refractivity contribution in [3.8, 4) is 0 Å². The topological polar surface area (TPSA) is 58.0 Å². The minimum atomic E-state index is 0.258. The molecular formula is C14H17N3O. The van der Waals surface area contributed by atoms with Gasteiger partial charge in [0, 0.05) is 24.0 Å². The highest BCUT2D eigenvalue weighted by molar-refractivity contribution is 5.90. The Morgan fingerprint density at radius 3 is 3.06 bits per heavy atom. The van der Waals surface area contributed by atoms with Crippen LogP contribution in [0.3, 0.4) is 0 Å². The summed E-state index contributed by atoms with van der Waals surface area (Å²) >= 11 is 0. The first-order valence-electron chi connectivity index (χ1n) is 6.46. The van der Waals surface area contributed by atoms with Crippen LogP contribution >= 0.6 is 0 Å². The van der Waals surface area contributed by atoms with E-state index in [9.17, 15) is 5.11 Å². The second-order valence-corrected chi connectivity index (χ2v) is 4.90. The van der Waals surface area contributed by atoms with Crippen LogP contribution in [0.15, 0.2) is 30.5 Å². The molecule has 3 rings (SSSR count). The number of hydrogen-bond acceptors (Lipinski definition) is 4. The van der Waals surface area contributed by atoms with Crippen molar-refractivity contribution in [1.29, 1.82) is 0 Å². The number of aliphatic hydroxyl groups is 1. The number of nitrogens with one attached hydrogen (secondary N) is 1. The summed E-state index contributed by atoms with van der Waals surface area (Å²) in [7, 11) is 0. The number of anilines is 1. The Hall–Kier alpha value is -1.68. The maximum absolute atomic E-state index is 9.36. The minimum Gasteiger partial charge on any atom is -0.396 e. The molecule has 2 unspecified atom stereocenters. The molecule has 0 spiro atoms. The highest BCUT2D eigenvalue weighted by Gasteiger charge is 2.26. The average molecular weight is 243 g/mol. The Kier molecular flexibility index (Phi) is 3.11. The van der Waals surface area contributed by atoms with E-state index < -0.39 is 0 Å². The number of aliphatic hydroxyl groups excluding tert-OH is 1. The number of benzene rings is 1. The molecule has 1 saturated carbocycles. The van der Waals surface area contributed by atoms with Crippen LogP contribution in [0.2, 0.25) is 0 Å². The van der Waals surface area contributed by atoms with E-state index in [2.05, 4.69) is 21.6 Å². The maximum atomic E-state index is 9.36. The van der Waals surface area contributed by atoms with Crippen LogP contribution in [0.4, 0.5) is 5.69 Å². The van der Waals surface area contributed by atoms with Crippen molar-refractivity contribution in [2.75, 3.05) is 11.9 Å². The molecule has 1 aliphatic rings. The Bertz CT molecular complexity index is 538. The molecule has 2 aromatic rings. The van der Waals surface area contributed by atoms with E-state index in [0.29, 0.717) is 12.0 Å². The van der Waals surface area contributed by atoms with E-state index in [1.54, 1.807) is 6.20 Å². The SMILES string of the molecule is OCC1CCCC1Nc1cnnc2ccccc12. The minimum absolute atomic E-state index is 0.258. The molecule has 2 N–H and O–H groups in total. The van der Waals surface area contributed by atoms with E-state index in [1.807, 2.05) is 18.2 Å². The van der Waals surface area contributed by atoms with Crippen LogP contribution in [0.25, 0.3) is 10.9 Å². The van der Waals surface area contributed by atoms with Gasteiger partial charge in [0.05, 0.1) is 17.4 Å². The van der Waals surface area contributed by atoms with E-state index in [-0.39, 0.29) is 6.61 Å². The summed E-state index contributed by atoms with van der Waals surface area (Å²) in [5.74, 6) is 0.358. The molecule has 0 amide bonds. The molecule has 18 heavy (non-hydrogen) atoms. The highest BCUT2D eigenvalue weighted by atomic mass is 16.3. The molecule has 1 fully saturated rings. The standard InChI is InChI=1S/C14H17N3O/c18-9-10-4-3-7-12(10)16-14-8-15-17-13-6-2-1-5-11(13)14/h1-2,5-6,8,10,12,18H,3-4,7,9H2,(H,16,17). The second kappa shape index (κ2) is 4.90. The van der Waals surface area contributed by atoms with Crippen molar-refractivity contribution >= 4 is 16.6 Å². The van der Waals surface area contributed by atoms with Crippen LogP contribution in [-0.2, 0) is 0 Å². The fourth-order valence-corrected chi connectivity index (χ4v) is 2.77. The van der Waals surface area contributed by atoms with Gasteiger partial charge in [0.15, 0.2) is 0 Å². The van der Waals surface area contributed by atoms with Crippen LogP contribution in [-0.4, -0.2) is 28.0 Å². The highest BCUT2D eigenvalue weighted by Crippen LogP contribution is 2.30. The summed E-state index contributed by atoms with van der Waals surface area (Å²) in [5, 5.41) is 22.1. The van der Waals surface area contributed by atoms with Crippen LogP contribution < -0.4 is 5.32 Å². The summed E-state index contributed by atoms with van der Waals surface area (Å²) in [5.41, 5.74) is 1.92. The lowest BCUT2D eigenvalue weighted by molar-refractivity contribution is 0.222. The predicted octanol–water partition coefficient (Wildman–Crippen LogP) is 2.20. The zero-order chi connectivity index (χ0) is 12.4. The van der Waals surface area contributed by atoms with Gasteiger partial charge in [-0.3, -0.25) is 0 Å². The van der Waals surface area contributed by atoms with Gasteiger partial charge in [-0.2, -0.15) is 10.2 Å². The first-order chi connectivity index (χ1) is 8.88. The van der Waals surface area contributed by atoms with Gasteiger partial charge in [-0.1, -0.05) is 24.6 Å². The van der Waals surface area contributed by atoms with Crippen LogP contribution in [0.1, 0.15) is 19.3 Å². The molecular weight excluding hydrogens is 226 g/mol. The molecule has 1 aliphatic carbocycles. The quantitative estimate of drug-likeness (QED) is 0.867. The van der Waals surface area contributed by atoms with Crippen molar-refractivity contribution in [2.45, 2.75) is 25.3 Å². The summed E-state index contributed by atoms with van der Waals surface area (Å²) in [4.78, 5) is 0. The van der Waals surface area contributed by atoms with Gasteiger partial charge in [0.1, 0.15) is 0 Å². The summed E-state index contributed by atoms with van der Waals surface area (Å²) in [6, 6.07) is 8.34. The summed E-state index contributed by atoms with van der Waals surface area (Å²) < 4.78 is 0. The van der Waals surface area contributed by atoms with Gasteiger partial charge in [0.2, 0.25) is 0 Å². The Morgan fingerprint density at radius 2 is 2.17 bits per heavy atom. The van der Waals surface area contributed by atoms with Gasteiger partial charge >= 0.3 is 0 Å². The molecule has 94 valence electrons. The van der Waals surface area contributed by atoms with Crippen molar-refractivity contribution in [1.82, 2.24) is 10.2 Å². The van der Waals surface area contributed by atoms with Crippen molar-refractivity contribution < 1.29 is 5.11 Å². The lowest BCUT2D eigenvalue weighted by atomic mass is 10.0. The van der Waals surface area contributed by atoms with Gasteiger partial charge in [-0.15, -0.1) is 0 Å². The number of nitrogens with zero attached hydrogens (tertiary/aromatic N) is 2. The van der Waals surface area contributed by atoms with Gasteiger partial charge in [-0.25, -0.2) is 0 Å². The van der Waals surface area contributed by atoms with Crippen molar-refractivity contribution in [3.05, 3.63) is 30.5 Å². The fourth-order valence-electron chi connectivity index (χ4n) is 2.77. The van der Waals surface area contributed by atoms with Crippen LogP contribution in [0, 0.1) is 5.92 Å². The van der Waals surface area contributed by atoms with Crippen molar-refractivity contribution in [2.24, 2.45) is 5.92 Å². The number of fused-ring (bicyclic) bond motifs is 1. The molecule has 1 aromatic heterocycles.